The Hall–Kier alpha value is -2.21. The molecule has 1 aliphatic heterocycles. The Morgan fingerprint density at radius 1 is 1.20 bits per heavy atom. The topological polar surface area (TPSA) is 85.5 Å². The van der Waals surface area contributed by atoms with Crippen LogP contribution in [0.15, 0.2) is 28.7 Å². The van der Waals surface area contributed by atoms with Crippen LogP contribution >= 0.6 is 0 Å². The van der Waals surface area contributed by atoms with Gasteiger partial charge in [-0.2, -0.15) is 0 Å². The van der Waals surface area contributed by atoms with Crippen LogP contribution in [0.1, 0.15) is 35.0 Å². The van der Waals surface area contributed by atoms with Gasteiger partial charge < -0.3 is 14.3 Å². The van der Waals surface area contributed by atoms with Crippen molar-refractivity contribution in [3.8, 4) is 11.5 Å². The molecule has 2 heterocycles. The molecule has 1 N–H and O–H groups in total. The van der Waals surface area contributed by atoms with E-state index in [0.717, 1.165) is 12.8 Å². The summed E-state index contributed by atoms with van der Waals surface area (Å²) in [6.07, 6.45) is 1.70. The minimum Gasteiger partial charge on any atom is -0.478 e. The van der Waals surface area contributed by atoms with E-state index in [1.165, 1.54) is 6.07 Å². The highest BCUT2D eigenvalue weighted by molar-refractivity contribution is 5.94. The number of ether oxygens (including phenoxy) is 1. The zero-order chi connectivity index (χ0) is 13.9. The van der Waals surface area contributed by atoms with Crippen LogP contribution in [0.5, 0.6) is 0 Å². The molecule has 2 aromatic rings. The van der Waals surface area contributed by atoms with Gasteiger partial charge in [0.25, 0.3) is 0 Å². The maximum Gasteiger partial charge on any atom is 0.336 e. The van der Waals surface area contributed by atoms with E-state index in [1.807, 2.05) is 0 Å². The highest BCUT2D eigenvalue weighted by atomic mass is 16.5. The Labute approximate surface area is 115 Å². The molecule has 20 heavy (non-hydrogen) atoms. The van der Waals surface area contributed by atoms with Gasteiger partial charge >= 0.3 is 5.97 Å². The molecule has 0 aliphatic carbocycles. The van der Waals surface area contributed by atoms with Gasteiger partial charge in [0.2, 0.25) is 11.8 Å². The zero-order valence-electron chi connectivity index (χ0n) is 10.8. The molecule has 1 aliphatic rings. The molecule has 1 aromatic heterocycles. The van der Waals surface area contributed by atoms with Crippen molar-refractivity contribution in [1.29, 1.82) is 0 Å². The summed E-state index contributed by atoms with van der Waals surface area (Å²) >= 11 is 0. The van der Waals surface area contributed by atoms with E-state index < -0.39 is 5.97 Å². The van der Waals surface area contributed by atoms with Crippen LogP contribution in [0.25, 0.3) is 11.5 Å². The van der Waals surface area contributed by atoms with E-state index >= 15 is 0 Å². The first-order valence-electron chi connectivity index (χ1n) is 6.49. The first-order chi connectivity index (χ1) is 9.75. The maximum atomic E-state index is 11.2. The number of hydrogen-bond acceptors (Lipinski definition) is 5. The summed E-state index contributed by atoms with van der Waals surface area (Å²) in [5.74, 6) is 0.00129. The minimum atomic E-state index is -1.01. The molecule has 0 radical (unpaired) electrons. The lowest BCUT2D eigenvalue weighted by molar-refractivity contribution is 0.0697. The fourth-order valence-electron chi connectivity index (χ4n) is 2.31. The average molecular weight is 274 g/mol. The number of hydrogen-bond donors (Lipinski definition) is 1. The predicted molar refractivity (Wildman–Crippen MR) is 69.5 cm³/mol. The van der Waals surface area contributed by atoms with Crippen LogP contribution in [0.4, 0.5) is 0 Å². The molecule has 0 atom stereocenters. The maximum absolute atomic E-state index is 11.2. The lowest BCUT2D eigenvalue weighted by Gasteiger charge is -2.18. The minimum absolute atomic E-state index is 0.162. The van der Waals surface area contributed by atoms with E-state index in [2.05, 4.69) is 10.2 Å². The van der Waals surface area contributed by atoms with Gasteiger partial charge in [0.05, 0.1) is 11.1 Å². The Bertz CT molecular complexity index is 617. The van der Waals surface area contributed by atoms with Crippen LogP contribution in [-0.4, -0.2) is 34.5 Å². The normalized spacial score (nSPS) is 16.2. The molecule has 0 spiro atoms. The van der Waals surface area contributed by atoms with Crippen LogP contribution in [-0.2, 0) is 4.74 Å². The molecule has 104 valence electrons. The summed E-state index contributed by atoms with van der Waals surface area (Å²) in [5, 5.41) is 17.2. The van der Waals surface area contributed by atoms with Crippen molar-refractivity contribution < 1.29 is 19.1 Å². The van der Waals surface area contributed by atoms with Crippen LogP contribution in [0, 0.1) is 0 Å². The summed E-state index contributed by atoms with van der Waals surface area (Å²) in [5.41, 5.74) is 0.612. The third-order valence-electron chi connectivity index (χ3n) is 3.40. The number of carboxylic acids is 1. The first-order valence-corrected chi connectivity index (χ1v) is 6.49. The molecular weight excluding hydrogens is 260 g/mol. The lowest BCUT2D eigenvalue weighted by Crippen LogP contribution is -2.14. The van der Waals surface area contributed by atoms with Crippen LogP contribution < -0.4 is 0 Å². The molecule has 3 rings (SSSR count). The second kappa shape index (κ2) is 5.42. The molecule has 6 heteroatoms. The summed E-state index contributed by atoms with van der Waals surface area (Å²) < 4.78 is 11.0. The number of aromatic nitrogens is 2. The van der Waals surface area contributed by atoms with E-state index in [-0.39, 0.29) is 17.4 Å². The molecule has 0 bridgehead atoms. The standard InChI is InChI=1S/C14H14N2O4/c17-14(18)11-4-2-1-3-10(11)13-16-15-12(20-13)9-5-7-19-8-6-9/h1-4,9H,5-8H2,(H,17,18). The number of rotatable bonds is 3. The lowest BCUT2D eigenvalue weighted by atomic mass is 10.0. The molecule has 1 aromatic carbocycles. The smallest absolute Gasteiger partial charge is 0.336 e. The first kappa shape index (κ1) is 12.8. The van der Waals surface area contributed by atoms with Crippen molar-refractivity contribution >= 4 is 5.97 Å². The monoisotopic (exact) mass is 274 g/mol. The second-order valence-corrected chi connectivity index (χ2v) is 4.68. The highest BCUT2D eigenvalue weighted by Crippen LogP contribution is 2.29. The van der Waals surface area contributed by atoms with Crippen molar-refractivity contribution in [2.24, 2.45) is 0 Å². The molecule has 0 saturated carbocycles. The van der Waals surface area contributed by atoms with E-state index in [9.17, 15) is 9.90 Å². The number of aromatic carboxylic acids is 1. The number of carboxylic acid groups (broad SMARTS) is 1. The average Bonchev–Trinajstić information content (AvgIpc) is 2.98. The van der Waals surface area contributed by atoms with Gasteiger partial charge in [-0.1, -0.05) is 12.1 Å². The molecular formula is C14H14N2O4. The zero-order valence-corrected chi connectivity index (χ0v) is 10.8. The number of carbonyl (C=O) groups is 1. The SMILES string of the molecule is O=C(O)c1ccccc1-c1nnc(C2CCOCC2)o1. The van der Waals surface area contributed by atoms with Crippen molar-refractivity contribution in [1.82, 2.24) is 10.2 Å². The number of benzene rings is 1. The predicted octanol–water partition coefficient (Wildman–Crippen LogP) is 2.33. The molecule has 1 saturated heterocycles. The van der Waals surface area contributed by atoms with E-state index in [1.54, 1.807) is 18.2 Å². The van der Waals surface area contributed by atoms with E-state index in [0.29, 0.717) is 24.7 Å². The van der Waals surface area contributed by atoms with Crippen LogP contribution in [0.3, 0.4) is 0 Å². The third-order valence-corrected chi connectivity index (χ3v) is 3.40. The Morgan fingerprint density at radius 3 is 2.70 bits per heavy atom. The van der Waals surface area contributed by atoms with Crippen molar-refractivity contribution in [2.75, 3.05) is 13.2 Å². The van der Waals surface area contributed by atoms with Crippen molar-refractivity contribution in [3.05, 3.63) is 35.7 Å². The van der Waals surface area contributed by atoms with Gasteiger partial charge in [0.15, 0.2) is 0 Å². The Kier molecular flexibility index (Phi) is 3.47. The molecule has 1 fully saturated rings. The summed E-state index contributed by atoms with van der Waals surface area (Å²) in [6.45, 7) is 1.38. The molecule has 6 nitrogen and oxygen atoms in total. The summed E-state index contributed by atoms with van der Waals surface area (Å²) in [6, 6.07) is 6.61. The van der Waals surface area contributed by atoms with Crippen molar-refractivity contribution in [2.45, 2.75) is 18.8 Å². The van der Waals surface area contributed by atoms with Crippen molar-refractivity contribution in [3.63, 3.8) is 0 Å². The Morgan fingerprint density at radius 2 is 1.95 bits per heavy atom. The largest absolute Gasteiger partial charge is 0.478 e. The summed E-state index contributed by atoms with van der Waals surface area (Å²) in [7, 11) is 0. The van der Waals surface area contributed by atoms with Gasteiger partial charge in [0, 0.05) is 19.1 Å². The molecule has 0 unspecified atom stereocenters. The van der Waals surface area contributed by atoms with Gasteiger partial charge in [-0.25, -0.2) is 4.79 Å². The van der Waals surface area contributed by atoms with Gasteiger partial charge in [-0.15, -0.1) is 10.2 Å². The third kappa shape index (κ3) is 2.42. The highest BCUT2D eigenvalue weighted by Gasteiger charge is 2.23. The quantitative estimate of drug-likeness (QED) is 0.924. The second-order valence-electron chi connectivity index (χ2n) is 4.68. The number of nitrogens with zero attached hydrogens (tertiary/aromatic N) is 2. The molecule has 0 amide bonds. The fourth-order valence-corrected chi connectivity index (χ4v) is 2.31. The van der Waals surface area contributed by atoms with Gasteiger partial charge in [-0.3, -0.25) is 0 Å². The fraction of sp³-hybridized carbons (Fsp3) is 0.357. The Balaban J connectivity index is 1.92. The summed E-state index contributed by atoms with van der Waals surface area (Å²) in [4.78, 5) is 11.2. The van der Waals surface area contributed by atoms with E-state index in [4.69, 9.17) is 9.15 Å². The van der Waals surface area contributed by atoms with Gasteiger partial charge in [-0.05, 0) is 25.0 Å². The van der Waals surface area contributed by atoms with Crippen LogP contribution in [0.2, 0.25) is 0 Å². The van der Waals surface area contributed by atoms with Gasteiger partial charge in [0.1, 0.15) is 0 Å².